The highest BCUT2D eigenvalue weighted by molar-refractivity contribution is 7.99. The number of rotatable bonds is 3. The minimum atomic E-state index is 0.310. The first-order valence-electron chi connectivity index (χ1n) is 5.97. The molecule has 1 aromatic rings. The predicted octanol–water partition coefficient (Wildman–Crippen LogP) is 1.81. The van der Waals surface area contributed by atoms with Crippen molar-refractivity contribution in [2.24, 2.45) is 18.7 Å². The molecular formula is C11H20N4S. The largest absolute Gasteiger partial charge is 0.327 e. The van der Waals surface area contributed by atoms with Gasteiger partial charge in [0.1, 0.15) is 6.33 Å². The highest BCUT2D eigenvalue weighted by Gasteiger charge is 2.29. The van der Waals surface area contributed by atoms with Gasteiger partial charge in [0.05, 0.1) is 0 Å². The molecule has 1 heterocycles. The molecule has 0 saturated heterocycles. The van der Waals surface area contributed by atoms with Crippen LogP contribution in [0.1, 0.15) is 32.6 Å². The third-order valence-electron chi connectivity index (χ3n) is 3.46. The van der Waals surface area contributed by atoms with E-state index in [9.17, 15) is 0 Å². The lowest BCUT2D eigenvalue weighted by molar-refractivity contribution is 0.327. The standard InChI is InChI=1S/C11H20N4S/c1-3-8-4-5-9(12)10(6-8)16-11-14-13-7-15(11)2/h7-10H,3-6,12H2,1-2H3. The van der Waals surface area contributed by atoms with Crippen molar-refractivity contribution >= 4 is 11.8 Å². The molecule has 1 aliphatic rings. The van der Waals surface area contributed by atoms with Gasteiger partial charge >= 0.3 is 0 Å². The zero-order valence-electron chi connectivity index (χ0n) is 9.97. The third kappa shape index (κ3) is 2.58. The maximum Gasteiger partial charge on any atom is 0.191 e. The van der Waals surface area contributed by atoms with E-state index in [-0.39, 0.29) is 0 Å². The van der Waals surface area contributed by atoms with E-state index in [0.717, 1.165) is 17.5 Å². The van der Waals surface area contributed by atoms with Gasteiger partial charge in [-0.2, -0.15) is 0 Å². The van der Waals surface area contributed by atoms with E-state index in [4.69, 9.17) is 5.73 Å². The normalized spacial score (nSPS) is 30.6. The highest BCUT2D eigenvalue weighted by Crippen LogP contribution is 2.35. The molecule has 4 nitrogen and oxygen atoms in total. The molecule has 0 aromatic carbocycles. The number of hydrogen-bond donors (Lipinski definition) is 1. The smallest absolute Gasteiger partial charge is 0.191 e. The predicted molar refractivity (Wildman–Crippen MR) is 66.3 cm³/mol. The second-order valence-corrected chi connectivity index (χ2v) is 5.84. The Bertz CT molecular complexity index is 338. The Morgan fingerprint density at radius 3 is 3.00 bits per heavy atom. The van der Waals surface area contributed by atoms with Crippen molar-refractivity contribution in [1.29, 1.82) is 0 Å². The van der Waals surface area contributed by atoms with Gasteiger partial charge in [0.25, 0.3) is 0 Å². The van der Waals surface area contributed by atoms with E-state index in [1.165, 1.54) is 19.3 Å². The third-order valence-corrected chi connectivity index (χ3v) is 4.88. The van der Waals surface area contributed by atoms with Crippen molar-refractivity contribution in [3.8, 4) is 0 Å². The van der Waals surface area contributed by atoms with Gasteiger partial charge in [-0.1, -0.05) is 25.1 Å². The fourth-order valence-electron chi connectivity index (χ4n) is 2.26. The summed E-state index contributed by atoms with van der Waals surface area (Å²) in [6.45, 7) is 2.27. The molecule has 0 aliphatic heterocycles. The minimum Gasteiger partial charge on any atom is -0.327 e. The van der Waals surface area contributed by atoms with Crippen LogP contribution in [0.5, 0.6) is 0 Å². The van der Waals surface area contributed by atoms with Crippen molar-refractivity contribution < 1.29 is 0 Å². The zero-order valence-corrected chi connectivity index (χ0v) is 10.8. The molecule has 16 heavy (non-hydrogen) atoms. The first kappa shape index (κ1) is 11.9. The first-order chi connectivity index (χ1) is 7.70. The van der Waals surface area contributed by atoms with Crippen LogP contribution in [0.2, 0.25) is 0 Å². The van der Waals surface area contributed by atoms with Crippen LogP contribution in [0.4, 0.5) is 0 Å². The van der Waals surface area contributed by atoms with Crippen molar-refractivity contribution in [2.75, 3.05) is 0 Å². The van der Waals surface area contributed by atoms with Crippen molar-refractivity contribution in [1.82, 2.24) is 14.8 Å². The number of thioether (sulfide) groups is 1. The SMILES string of the molecule is CCC1CCC(N)C(Sc2nncn2C)C1. The van der Waals surface area contributed by atoms with Gasteiger partial charge in [-0.3, -0.25) is 0 Å². The summed E-state index contributed by atoms with van der Waals surface area (Å²) in [6, 6.07) is 0.310. The first-order valence-corrected chi connectivity index (χ1v) is 6.85. The molecule has 2 N–H and O–H groups in total. The zero-order chi connectivity index (χ0) is 11.5. The molecule has 1 fully saturated rings. The minimum absolute atomic E-state index is 0.310. The average molecular weight is 240 g/mol. The van der Waals surface area contributed by atoms with E-state index >= 15 is 0 Å². The molecule has 1 saturated carbocycles. The Hall–Kier alpha value is -0.550. The van der Waals surface area contributed by atoms with Crippen LogP contribution in [-0.4, -0.2) is 26.1 Å². The average Bonchev–Trinajstić information content (AvgIpc) is 2.68. The summed E-state index contributed by atoms with van der Waals surface area (Å²) < 4.78 is 1.97. The van der Waals surface area contributed by atoms with Crippen LogP contribution in [0.25, 0.3) is 0 Å². The lowest BCUT2D eigenvalue weighted by Gasteiger charge is -2.32. The summed E-state index contributed by atoms with van der Waals surface area (Å²) in [5.74, 6) is 0.838. The Kier molecular flexibility index (Phi) is 3.86. The summed E-state index contributed by atoms with van der Waals surface area (Å²) >= 11 is 1.79. The van der Waals surface area contributed by atoms with Gasteiger partial charge < -0.3 is 10.3 Å². The number of nitrogens with zero attached hydrogens (tertiary/aromatic N) is 3. The fraction of sp³-hybridized carbons (Fsp3) is 0.818. The van der Waals surface area contributed by atoms with E-state index in [0.29, 0.717) is 11.3 Å². The molecule has 90 valence electrons. The van der Waals surface area contributed by atoms with Gasteiger partial charge in [-0.15, -0.1) is 10.2 Å². The summed E-state index contributed by atoms with van der Waals surface area (Å²) in [5.41, 5.74) is 6.18. The molecule has 0 radical (unpaired) electrons. The summed E-state index contributed by atoms with van der Waals surface area (Å²) in [5, 5.41) is 9.50. The maximum atomic E-state index is 6.18. The van der Waals surface area contributed by atoms with Crippen LogP contribution in [0, 0.1) is 5.92 Å². The lowest BCUT2D eigenvalue weighted by Crippen LogP contribution is -2.38. The Morgan fingerprint density at radius 2 is 2.38 bits per heavy atom. The summed E-state index contributed by atoms with van der Waals surface area (Å²) in [7, 11) is 1.98. The number of hydrogen-bond acceptors (Lipinski definition) is 4. The molecule has 0 amide bonds. The molecule has 2 rings (SSSR count). The number of aromatic nitrogens is 3. The van der Waals surface area contributed by atoms with E-state index in [1.54, 1.807) is 18.1 Å². The van der Waals surface area contributed by atoms with Crippen LogP contribution in [0.15, 0.2) is 11.5 Å². The highest BCUT2D eigenvalue weighted by atomic mass is 32.2. The van der Waals surface area contributed by atoms with Gasteiger partial charge in [-0.25, -0.2) is 0 Å². The van der Waals surface area contributed by atoms with E-state index < -0.39 is 0 Å². The molecule has 3 atom stereocenters. The van der Waals surface area contributed by atoms with Crippen LogP contribution in [0.3, 0.4) is 0 Å². The quantitative estimate of drug-likeness (QED) is 0.875. The second kappa shape index (κ2) is 5.19. The van der Waals surface area contributed by atoms with Crippen molar-refractivity contribution in [2.45, 2.75) is 49.1 Å². The van der Waals surface area contributed by atoms with Crippen LogP contribution < -0.4 is 5.73 Å². The molecule has 0 bridgehead atoms. The van der Waals surface area contributed by atoms with Gasteiger partial charge in [0.2, 0.25) is 0 Å². The molecule has 3 unspecified atom stereocenters. The van der Waals surface area contributed by atoms with E-state index in [1.807, 2.05) is 11.6 Å². The van der Waals surface area contributed by atoms with Crippen LogP contribution >= 0.6 is 11.8 Å². The van der Waals surface area contributed by atoms with Gasteiger partial charge in [0.15, 0.2) is 5.16 Å². The monoisotopic (exact) mass is 240 g/mol. The molecule has 5 heteroatoms. The number of nitrogens with two attached hydrogens (primary N) is 1. The van der Waals surface area contributed by atoms with Gasteiger partial charge in [0, 0.05) is 18.3 Å². The Balaban J connectivity index is 1.99. The molecular weight excluding hydrogens is 220 g/mol. The Labute approximate surface area is 101 Å². The Morgan fingerprint density at radius 1 is 1.56 bits per heavy atom. The van der Waals surface area contributed by atoms with Crippen molar-refractivity contribution in [3.05, 3.63) is 6.33 Å². The topological polar surface area (TPSA) is 56.7 Å². The lowest BCUT2D eigenvalue weighted by atomic mass is 9.84. The number of aryl methyl sites for hydroxylation is 1. The molecule has 1 aliphatic carbocycles. The fourth-order valence-corrected chi connectivity index (χ4v) is 3.51. The summed E-state index contributed by atoms with van der Waals surface area (Å²) in [4.78, 5) is 0. The second-order valence-electron chi connectivity index (χ2n) is 4.63. The summed E-state index contributed by atoms with van der Waals surface area (Å²) in [6.07, 6.45) is 6.66. The van der Waals surface area contributed by atoms with Crippen LogP contribution in [-0.2, 0) is 7.05 Å². The molecule has 1 aromatic heterocycles. The van der Waals surface area contributed by atoms with Crippen molar-refractivity contribution in [3.63, 3.8) is 0 Å². The van der Waals surface area contributed by atoms with E-state index in [2.05, 4.69) is 17.1 Å². The maximum absolute atomic E-state index is 6.18. The van der Waals surface area contributed by atoms with Gasteiger partial charge in [-0.05, 0) is 25.2 Å². The molecule has 0 spiro atoms.